The summed E-state index contributed by atoms with van der Waals surface area (Å²) in [6.45, 7) is 5.62. The van der Waals surface area contributed by atoms with Crippen LogP contribution >= 0.6 is 0 Å². The number of H-pyrrole nitrogens is 1. The summed E-state index contributed by atoms with van der Waals surface area (Å²) in [6.07, 6.45) is 0. The molecule has 24 heavy (non-hydrogen) atoms. The van der Waals surface area contributed by atoms with E-state index in [1.165, 1.54) is 0 Å². The van der Waals surface area contributed by atoms with Crippen molar-refractivity contribution < 1.29 is 9.53 Å². The van der Waals surface area contributed by atoms with Crippen molar-refractivity contribution in [3.05, 3.63) is 42.5 Å². The normalized spacial score (nSPS) is 11.5. The van der Waals surface area contributed by atoms with E-state index in [2.05, 4.69) is 15.3 Å². The highest BCUT2D eigenvalue weighted by atomic mass is 16.5. The third-order valence-electron chi connectivity index (χ3n) is 3.79. The van der Waals surface area contributed by atoms with E-state index in [1.54, 1.807) is 7.11 Å². The van der Waals surface area contributed by atoms with Crippen molar-refractivity contribution in [1.82, 2.24) is 9.97 Å². The fourth-order valence-corrected chi connectivity index (χ4v) is 2.35. The van der Waals surface area contributed by atoms with E-state index in [9.17, 15) is 4.79 Å². The molecule has 0 atom stereocenters. The monoisotopic (exact) mass is 323 g/mol. The fourth-order valence-electron chi connectivity index (χ4n) is 2.35. The highest BCUT2D eigenvalue weighted by Gasteiger charge is 2.22. The molecule has 0 spiro atoms. The van der Waals surface area contributed by atoms with E-state index in [1.807, 2.05) is 63.2 Å². The molecule has 2 N–H and O–H groups in total. The lowest BCUT2D eigenvalue weighted by Crippen LogP contribution is -2.27. The Morgan fingerprint density at radius 2 is 1.92 bits per heavy atom. The molecule has 0 saturated heterocycles. The van der Waals surface area contributed by atoms with Gasteiger partial charge in [0.15, 0.2) is 0 Å². The van der Waals surface area contributed by atoms with Gasteiger partial charge in [0, 0.05) is 11.0 Å². The van der Waals surface area contributed by atoms with Crippen LogP contribution in [-0.2, 0) is 4.79 Å². The van der Waals surface area contributed by atoms with Gasteiger partial charge in [0.25, 0.3) is 0 Å². The summed E-state index contributed by atoms with van der Waals surface area (Å²) in [5.41, 5.74) is 2.92. The lowest BCUT2D eigenvalue weighted by Gasteiger charge is -2.19. The van der Waals surface area contributed by atoms with Crippen molar-refractivity contribution in [3.63, 3.8) is 0 Å². The van der Waals surface area contributed by atoms with Crippen LogP contribution in [0, 0.1) is 5.41 Å². The molecule has 0 aliphatic heterocycles. The van der Waals surface area contributed by atoms with Gasteiger partial charge >= 0.3 is 0 Å². The number of imidazole rings is 1. The molecule has 5 heteroatoms. The number of ether oxygens (including phenoxy) is 1. The van der Waals surface area contributed by atoms with Crippen molar-refractivity contribution in [2.75, 3.05) is 12.4 Å². The summed E-state index contributed by atoms with van der Waals surface area (Å²) in [4.78, 5) is 20.2. The first-order valence-corrected chi connectivity index (χ1v) is 7.83. The van der Waals surface area contributed by atoms with Crippen LogP contribution in [0.5, 0.6) is 5.75 Å². The van der Waals surface area contributed by atoms with Gasteiger partial charge in [-0.15, -0.1) is 0 Å². The lowest BCUT2D eigenvalue weighted by molar-refractivity contribution is -0.123. The fraction of sp³-hybridized carbons (Fsp3) is 0.263. The summed E-state index contributed by atoms with van der Waals surface area (Å²) in [5, 5.41) is 2.94. The van der Waals surface area contributed by atoms with Crippen molar-refractivity contribution in [2.45, 2.75) is 20.8 Å². The zero-order valence-electron chi connectivity index (χ0n) is 14.3. The molecule has 1 aromatic heterocycles. The molecule has 0 fully saturated rings. The summed E-state index contributed by atoms with van der Waals surface area (Å²) in [5.74, 6) is 1.31. The molecule has 0 saturated carbocycles. The first-order valence-electron chi connectivity index (χ1n) is 7.83. The molecule has 1 heterocycles. The van der Waals surface area contributed by atoms with Crippen LogP contribution in [0.4, 0.5) is 5.69 Å². The minimum atomic E-state index is -0.486. The predicted molar refractivity (Wildman–Crippen MR) is 96.2 cm³/mol. The number of amides is 1. The van der Waals surface area contributed by atoms with Crippen molar-refractivity contribution >= 4 is 22.6 Å². The van der Waals surface area contributed by atoms with Crippen LogP contribution in [0.25, 0.3) is 22.4 Å². The average Bonchev–Trinajstić information content (AvgIpc) is 2.98. The number of aromatic nitrogens is 2. The Hall–Kier alpha value is -2.82. The van der Waals surface area contributed by atoms with Crippen LogP contribution < -0.4 is 10.1 Å². The standard InChI is InChI=1S/C19H21N3O2/c1-19(2,3)18(23)22-15-11-12(9-10-16(15)24-4)17-20-13-7-5-6-8-14(13)21-17/h5-11H,1-4H3,(H,20,21)(H,22,23). The number of rotatable bonds is 3. The number of nitrogens with one attached hydrogen (secondary N) is 2. The number of para-hydroxylation sites is 2. The number of aromatic amines is 1. The number of nitrogens with zero attached hydrogens (tertiary/aromatic N) is 1. The molecule has 3 rings (SSSR count). The Morgan fingerprint density at radius 1 is 1.17 bits per heavy atom. The number of carbonyl (C=O) groups excluding carboxylic acids is 1. The van der Waals surface area contributed by atoms with E-state index >= 15 is 0 Å². The van der Waals surface area contributed by atoms with Gasteiger partial charge in [-0.05, 0) is 30.3 Å². The summed E-state index contributed by atoms with van der Waals surface area (Å²) in [6, 6.07) is 13.5. The number of hydrogen-bond acceptors (Lipinski definition) is 3. The molecule has 1 amide bonds. The first kappa shape index (κ1) is 16.1. The van der Waals surface area contributed by atoms with Crippen LogP contribution in [0.3, 0.4) is 0 Å². The highest BCUT2D eigenvalue weighted by Crippen LogP contribution is 2.31. The molecule has 0 unspecified atom stereocenters. The summed E-state index contributed by atoms with van der Waals surface area (Å²) < 4.78 is 5.36. The number of fused-ring (bicyclic) bond motifs is 1. The van der Waals surface area contributed by atoms with Gasteiger partial charge in [-0.3, -0.25) is 4.79 Å². The van der Waals surface area contributed by atoms with E-state index in [0.29, 0.717) is 11.4 Å². The second kappa shape index (κ2) is 6.00. The second-order valence-electron chi connectivity index (χ2n) is 6.72. The molecule has 0 aliphatic rings. The Morgan fingerprint density at radius 3 is 2.58 bits per heavy atom. The second-order valence-corrected chi connectivity index (χ2v) is 6.72. The van der Waals surface area contributed by atoms with Gasteiger partial charge in [0.1, 0.15) is 11.6 Å². The summed E-state index contributed by atoms with van der Waals surface area (Å²) in [7, 11) is 1.59. The molecule has 0 bridgehead atoms. The first-order chi connectivity index (χ1) is 11.4. The third-order valence-corrected chi connectivity index (χ3v) is 3.79. The summed E-state index contributed by atoms with van der Waals surface area (Å²) >= 11 is 0. The Balaban J connectivity index is 2.00. The number of benzene rings is 2. The molecule has 2 aromatic carbocycles. The van der Waals surface area contributed by atoms with Crippen LogP contribution in [-0.4, -0.2) is 23.0 Å². The van der Waals surface area contributed by atoms with Gasteiger partial charge in [-0.25, -0.2) is 4.98 Å². The lowest BCUT2D eigenvalue weighted by atomic mass is 9.95. The highest BCUT2D eigenvalue weighted by molar-refractivity contribution is 5.96. The Kier molecular flexibility index (Phi) is 4.01. The third kappa shape index (κ3) is 3.11. The van der Waals surface area contributed by atoms with Crippen LogP contribution in [0.1, 0.15) is 20.8 Å². The largest absolute Gasteiger partial charge is 0.495 e. The molecular weight excluding hydrogens is 302 g/mol. The van der Waals surface area contributed by atoms with Crippen molar-refractivity contribution in [1.29, 1.82) is 0 Å². The van der Waals surface area contributed by atoms with Gasteiger partial charge in [0.2, 0.25) is 5.91 Å². The minimum Gasteiger partial charge on any atom is -0.495 e. The number of hydrogen-bond donors (Lipinski definition) is 2. The quantitative estimate of drug-likeness (QED) is 0.758. The van der Waals surface area contributed by atoms with E-state index < -0.39 is 5.41 Å². The Bertz CT molecular complexity index is 858. The maximum Gasteiger partial charge on any atom is 0.229 e. The predicted octanol–water partition coefficient (Wildman–Crippen LogP) is 4.22. The molecule has 124 valence electrons. The zero-order chi connectivity index (χ0) is 17.3. The smallest absolute Gasteiger partial charge is 0.229 e. The van der Waals surface area contributed by atoms with E-state index in [4.69, 9.17) is 4.74 Å². The topological polar surface area (TPSA) is 67.0 Å². The average molecular weight is 323 g/mol. The number of anilines is 1. The minimum absolute atomic E-state index is 0.0671. The van der Waals surface area contributed by atoms with E-state index in [-0.39, 0.29) is 5.91 Å². The van der Waals surface area contributed by atoms with Crippen LogP contribution in [0.2, 0.25) is 0 Å². The van der Waals surface area contributed by atoms with Gasteiger partial charge < -0.3 is 15.0 Å². The number of methoxy groups -OCH3 is 1. The molecule has 0 aliphatic carbocycles. The Labute approximate surface area is 141 Å². The van der Waals surface area contributed by atoms with Gasteiger partial charge in [-0.2, -0.15) is 0 Å². The molecule has 5 nitrogen and oxygen atoms in total. The van der Waals surface area contributed by atoms with Crippen molar-refractivity contribution in [3.8, 4) is 17.1 Å². The SMILES string of the molecule is COc1ccc(-c2nc3ccccc3[nH]2)cc1NC(=O)C(C)(C)C. The maximum absolute atomic E-state index is 12.3. The van der Waals surface area contributed by atoms with E-state index in [0.717, 1.165) is 22.4 Å². The van der Waals surface area contributed by atoms with Crippen LogP contribution in [0.15, 0.2) is 42.5 Å². The van der Waals surface area contributed by atoms with Crippen molar-refractivity contribution in [2.24, 2.45) is 5.41 Å². The molecule has 0 radical (unpaired) electrons. The van der Waals surface area contributed by atoms with Gasteiger partial charge in [-0.1, -0.05) is 32.9 Å². The molecule has 3 aromatic rings. The molecular formula is C19H21N3O2. The zero-order valence-corrected chi connectivity index (χ0v) is 14.3. The van der Waals surface area contributed by atoms with Gasteiger partial charge in [0.05, 0.1) is 23.8 Å². The number of carbonyl (C=O) groups is 1. The maximum atomic E-state index is 12.3.